The van der Waals surface area contributed by atoms with Crippen LogP contribution in [0.2, 0.25) is 0 Å². The van der Waals surface area contributed by atoms with Crippen molar-refractivity contribution in [2.45, 2.75) is 64.5 Å². The summed E-state index contributed by atoms with van der Waals surface area (Å²) in [5.41, 5.74) is 2.27. The van der Waals surface area contributed by atoms with E-state index in [1.807, 2.05) is 30.0 Å². The van der Waals surface area contributed by atoms with E-state index in [9.17, 15) is 14.4 Å². The van der Waals surface area contributed by atoms with E-state index >= 15 is 0 Å². The fourth-order valence-corrected chi connectivity index (χ4v) is 4.91. The Morgan fingerprint density at radius 1 is 1.21 bits per heavy atom. The second-order valence-electron chi connectivity index (χ2n) is 8.28. The van der Waals surface area contributed by atoms with Crippen molar-refractivity contribution >= 4 is 18.2 Å². The fourth-order valence-electron chi connectivity index (χ4n) is 4.91. The molecule has 0 N–H and O–H groups in total. The van der Waals surface area contributed by atoms with Crippen molar-refractivity contribution < 1.29 is 19.1 Å². The molecule has 0 radical (unpaired) electrons. The minimum Gasteiger partial charge on any atom is -0.466 e. The van der Waals surface area contributed by atoms with E-state index in [0.717, 1.165) is 49.5 Å². The number of allylic oxidation sites excluding steroid dienone is 2. The molecule has 0 spiro atoms. The molecule has 1 aromatic rings. The first-order valence-electron chi connectivity index (χ1n) is 10.7. The quantitative estimate of drug-likeness (QED) is 0.377. The van der Waals surface area contributed by atoms with Crippen molar-refractivity contribution in [1.82, 2.24) is 4.90 Å². The van der Waals surface area contributed by atoms with Crippen LogP contribution in [0.15, 0.2) is 42.0 Å². The molecule has 5 nitrogen and oxygen atoms in total. The van der Waals surface area contributed by atoms with Gasteiger partial charge in [0.05, 0.1) is 6.61 Å². The highest BCUT2D eigenvalue weighted by atomic mass is 16.5. The number of carbonyl (C=O) groups excluding carboxylic acids is 3. The summed E-state index contributed by atoms with van der Waals surface area (Å²) in [5.74, 6) is 0.647. The molecule has 3 rings (SSSR count). The second kappa shape index (κ2) is 10.4. The van der Waals surface area contributed by atoms with Crippen LogP contribution in [0.3, 0.4) is 0 Å². The third-order valence-corrected chi connectivity index (χ3v) is 6.09. The van der Waals surface area contributed by atoms with Crippen molar-refractivity contribution in [2.75, 3.05) is 6.61 Å². The zero-order valence-electron chi connectivity index (χ0n) is 17.2. The van der Waals surface area contributed by atoms with Crippen molar-refractivity contribution in [3.8, 4) is 0 Å². The van der Waals surface area contributed by atoms with Crippen molar-refractivity contribution in [3.05, 3.63) is 47.5 Å². The van der Waals surface area contributed by atoms with Gasteiger partial charge in [0, 0.05) is 25.4 Å². The Kier molecular flexibility index (Phi) is 7.62. The van der Waals surface area contributed by atoms with Gasteiger partial charge in [0.2, 0.25) is 5.91 Å². The van der Waals surface area contributed by atoms with Crippen LogP contribution in [0, 0.1) is 11.8 Å². The maximum atomic E-state index is 12.5. The highest BCUT2D eigenvalue weighted by Crippen LogP contribution is 2.39. The molecule has 29 heavy (non-hydrogen) atoms. The Bertz CT molecular complexity index is 743. The number of carbonyl (C=O) groups is 3. The molecule has 0 aromatic heterocycles. The highest BCUT2D eigenvalue weighted by Gasteiger charge is 2.35. The Hall–Kier alpha value is -2.43. The molecular weight excluding hydrogens is 366 g/mol. The van der Waals surface area contributed by atoms with Gasteiger partial charge in [0.15, 0.2) is 0 Å². The molecule has 1 aliphatic heterocycles. The minimum absolute atomic E-state index is 0.162. The van der Waals surface area contributed by atoms with E-state index in [-0.39, 0.29) is 23.8 Å². The van der Waals surface area contributed by atoms with Crippen molar-refractivity contribution in [2.24, 2.45) is 11.8 Å². The maximum Gasteiger partial charge on any atom is 0.306 e. The first kappa shape index (κ1) is 21.3. The van der Waals surface area contributed by atoms with E-state index in [1.165, 1.54) is 0 Å². The van der Waals surface area contributed by atoms with Crippen LogP contribution in [0.25, 0.3) is 0 Å². The van der Waals surface area contributed by atoms with Crippen molar-refractivity contribution in [1.29, 1.82) is 0 Å². The van der Waals surface area contributed by atoms with Crippen LogP contribution >= 0.6 is 0 Å². The summed E-state index contributed by atoms with van der Waals surface area (Å²) in [7, 11) is 0. The molecular formula is C24H31NO4. The average Bonchev–Trinajstić information content (AvgIpc) is 3.02. The molecule has 1 aliphatic carbocycles. The number of benzene rings is 1. The third-order valence-electron chi connectivity index (χ3n) is 6.09. The third kappa shape index (κ3) is 6.02. The molecule has 1 heterocycles. The Morgan fingerprint density at radius 2 is 1.97 bits per heavy atom. The summed E-state index contributed by atoms with van der Waals surface area (Å²) in [5, 5.41) is 0. The number of amides is 1. The van der Waals surface area contributed by atoms with E-state index in [2.05, 4.69) is 12.1 Å². The summed E-state index contributed by atoms with van der Waals surface area (Å²) in [6.45, 7) is 2.86. The van der Waals surface area contributed by atoms with Gasteiger partial charge in [-0.25, -0.2) is 0 Å². The van der Waals surface area contributed by atoms with Gasteiger partial charge in [-0.2, -0.15) is 0 Å². The molecule has 0 unspecified atom stereocenters. The number of aldehydes is 1. The molecule has 0 bridgehead atoms. The molecule has 2 aliphatic rings. The lowest BCUT2D eigenvalue weighted by atomic mass is 9.74. The molecule has 3 atom stereocenters. The van der Waals surface area contributed by atoms with E-state index in [0.29, 0.717) is 31.9 Å². The zero-order valence-corrected chi connectivity index (χ0v) is 17.2. The van der Waals surface area contributed by atoms with Gasteiger partial charge in [0.1, 0.15) is 6.29 Å². The molecule has 1 saturated heterocycles. The van der Waals surface area contributed by atoms with E-state index in [4.69, 9.17) is 4.74 Å². The summed E-state index contributed by atoms with van der Waals surface area (Å²) >= 11 is 0. The predicted molar refractivity (Wildman–Crippen MR) is 111 cm³/mol. The van der Waals surface area contributed by atoms with Crippen molar-refractivity contribution in [3.63, 3.8) is 0 Å². The molecule has 156 valence electrons. The SMILES string of the molecule is CCOC(=O)C[C@@H]1C/C(=C\C=O)C[C@H](C[C@@H]2CCC(=O)N2Cc2ccccc2)C1. The van der Waals surface area contributed by atoms with E-state index < -0.39 is 0 Å². The van der Waals surface area contributed by atoms with Gasteiger partial charge in [-0.1, -0.05) is 35.9 Å². The van der Waals surface area contributed by atoms with Gasteiger partial charge in [0.25, 0.3) is 0 Å². The number of nitrogens with zero attached hydrogens (tertiary/aromatic N) is 1. The predicted octanol–water partition coefficient (Wildman–Crippen LogP) is 4.06. The number of ether oxygens (including phenoxy) is 1. The maximum absolute atomic E-state index is 12.5. The van der Waals surface area contributed by atoms with E-state index in [1.54, 1.807) is 6.08 Å². The van der Waals surface area contributed by atoms with Gasteiger partial charge < -0.3 is 9.64 Å². The number of hydrogen-bond donors (Lipinski definition) is 0. The van der Waals surface area contributed by atoms with Gasteiger partial charge in [-0.15, -0.1) is 0 Å². The number of hydrogen-bond acceptors (Lipinski definition) is 4. The minimum atomic E-state index is -0.162. The number of rotatable bonds is 8. The van der Waals surface area contributed by atoms with Gasteiger partial charge in [-0.3, -0.25) is 14.4 Å². The van der Waals surface area contributed by atoms with Gasteiger partial charge in [-0.05, 0) is 62.5 Å². The van der Waals surface area contributed by atoms with Crippen LogP contribution in [-0.4, -0.2) is 35.7 Å². The first-order chi connectivity index (χ1) is 14.1. The molecule has 1 aromatic carbocycles. The van der Waals surface area contributed by atoms with Gasteiger partial charge >= 0.3 is 5.97 Å². The number of esters is 1. The van der Waals surface area contributed by atoms with Crippen LogP contribution in [-0.2, 0) is 25.7 Å². The monoisotopic (exact) mass is 397 g/mol. The Morgan fingerprint density at radius 3 is 2.69 bits per heavy atom. The normalized spacial score (nSPS) is 26.0. The Balaban J connectivity index is 1.65. The van der Waals surface area contributed by atoms with Crippen LogP contribution < -0.4 is 0 Å². The molecule has 1 saturated carbocycles. The van der Waals surface area contributed by atoms with Crippen LogP contribution in [0.5, 0.6) is 0 Å². The first-order valence-corrected chi connectivity index (χ1v) is 10.7. The smallest absolute Gasteiger partial charge is 0.306 e. The average molecular weight is 398 g/mol. The highest BCUT2D eigenvalue weighted by molar-refractivity contribution is 5.78. The topological polar surface area (TPSA) is 63.7 Å². The summed E-state index contributed by atoms with van der Waals surface area (Å²) in [4.78, 5) is 37.5. The van der Waals surface area contributed by atoms with Crippen LogP contribution in [0.1, 0.15) is 57.4 Å². The summed E-state index contributed by atoms with van der Waals surface area (Å²) in [6, 6.07) is 10.3. The second-order valence-corrected chi connectivity index (χ2v) is 8.28. The molecule has 1 amide bonds. The lowest BCUT2D eigenvalue weighted by molar-refractivity contribution is -0.144. The lowest BCUT2D eigenvalue weighted by Crippen LogP contribution is -2.35. The fraction of sp³-hybridized carbons (Fsp3) is 0.542. The van der Waals surface area contributed by atoms with Crippen LogP contribution in [0.4, 0.5) is 0 Å². The summed E-state index contributed by atoms with van der Waals surface area (Å²) < 4.78 is 5.13. The lowest BCUT2D eigenvalue weighted by Gasteiger charge is -2.34. The zero-order chi connectivity index (χ0) is 20.6. The largest absolute Gasteiger partial charge is 0.466 e. The molecule has 5 heteroatoms. The summed E-state index contributed by atoms with van der Waals surface area (Å²) in [6.07, 6.45) is 7.93. The Labute approximate surface area is 173 Å². The molecule has 2 fully saturated rings. The number of likely N-dealkylation sites (tertiary alicyclic amines) is 1. The standard InChI is InChI=1S/C24H31NO4/c1-2-29-24(28)16-21-13-19(10-11-26)12-20(14-21)15-22-8-9-23(27)25(22)17-18-6-4-3-5-7-18/h3-7,10-11,20-22H,2,8-9,12-17H2,1H3/b19-10-/t20-,21+,22-/m0/s1.